The van der Waals surface area contributed by atoms with Gasteiger partial charge in [-0.2, -0.15) is 0 Å². The number of amides is 3. The standard InChI is InChI=1S/C18H19ClN5O2/c1-10-11(2)24-14-15(21(3)18(26)22(4)16(14)25)20-17(24)23(10)9-12-6-5-7-13(19)8-12/h5-8,14H,9H2,1-4H3/q+1. The van der Waals surface area contributed by atoms with Crippen LogP contribution in [0.1, 0.15) is 23.0 Å². The molecular weight excluding hydrogens is 354 g/mol. The first-order chi connectivity index (χ1) is 12.3. The Bertz CT molecular complexity index is 994. The zero-order chi connectivity index (χ0) is 18.7. The number of benzene rings is 1. The van der Waals surface area contributed by atoms with Crippen molar-refractivity contribution in [2.45, 2.75) is 26.4 Å². The van der Waals surface area contributed by atoms with Crippen LogP contribution in [0.2, 0.25) is 5.02 Å². The number of hydrogen-bond donors (Lipinski definition) is 0. The van der Waals surface area contributed by atoms with E-state index in [1.54, 1.807) is 7.05 Å². The Morgan fingerprint density at radius 1 is 1.19 bits per heavy atom. The van der Waals surface area contributed by atoms with Crippen molar-refractivity contribution in [1.29, 1.82) is 0 Å². The maximum absolute atomic E-state index is 12.8. The second kappa shape index (κ2) is 5.67. The molecule has 0 spiro atoms. The lowest BCUT2D eigenvalue weighted by atomic mass is 10.1. The Morgan fingerprint density at radius 3 is 2.62 bits per heavy atom. The van der Waals surface area contributed by atoms with Crippen LogP contribution < -0.4 is 4.57 Å². The number of fused-ring (bicyclic) bond motifs is 3. The predicted molar refractivity (Wildman–Crippen MR) is 96.7 cm³/mol. The summed E-state index contributed by atoms with van der Waals surface area (Å²) in [6.07, 6.45) is 0. The minimum Gasteiger partial charge on any atom is -0.270 e. The highest BCUT2D eigenvalue weighted by Gasteiger charge is 2.53. The lowest BCUT2D eigenvalue weighted by Gasteiger charge is -2.30. The first-order valence-corrected chi connectivity index (χ1v) is 8.68. The molecule has 2 aromatic rings. The molecule has 1 aromatic heterocycles. The number of halogens is 1. The monoisotopic (exact) mass is 372 g/mol. The second-order valence-electron chi connectivity index (χ2n) is 6.67. The predicted octanol–water partition coefficient (Wildman–Crippen LogP) is 2.20. The van der Waals surface area contributed by atoms with E-state index < -0.39 is 6.04 Å². The summed E-state index contributed by atoms with van der Waals surface area (Å²) in [5.74, 6) is 0.873. The lowest BCUT2D eigenvalue weighted by molar-refractivity contribution is -0.680. The van der Waals surface area contributed by atoms with E-state index in [0.29, 0.717) is 23.4 Å². The van der Waals surface area contributed by atoms with Crippen LogP contribution in [0.3, 0.4) is 0 Å². The van der Waals surface area contributed by atoms with Crippen LogP contribution in [0, 0.1) is 13.8 Å². The molecule has 0 N–H and O–H groups in total. The van der Waals surface area contributed by atoms with Gasteiger partial charge in [-0.15, -0.1) is 0 Å². The number of aromatic nitrogens is 2. The average Bonchev–Trinajstić information content (AvgIpc) is 3.10. The molecular formula is C18H19ClN5O2+. The first-order valence-electron chi connectivity index (χ1n) is 8.30. The number of imidazole rings is 1. The molecule has 1 aromatic carbocycles. The lowest BCUT2D eigenvalue weighted by Crippen LogP contribution is -2.56. The summed E-state index contributed by atoms with van der Waals surface area (Å²) in [7, 11) is 3.15. The van der Waals surface area contributed by atoms with E-state index in [1.165, 1.54) is 11.9 Å². The number of imide groups is 1. The number of carbonyl (C=O) groups is 2. The van der Waals surface area contributed by atoms with E-state index >= 15 is 0 Å². The van der Waals surface area contributed by atoms with Crippen molar-refractivity contribution in [3.8, 4) is 0 Å². The maximum atomic E-state index is 12.8. The Hall–Kier alpha value is -2.67. The normalized spacial score (nSPS) is 19.0. The van der Waals surface area contributed by atoms with Gasteiger partial charge in [0.05, 0.1) is 6.54 Å². The molecule has 0 radical (unpaired) electrons. The van der Waals surface area contributed by atoms with E-state index in [-0.39, 0.29) is 11.9 Å². The largest absolute Gasteiger partial charge is 0.402 e. The summed E-state index contributed by atoms with van der Waals surface area (Å²) in [6, 6.07) is 6.69. The van der Waals surface area contributed by atoms with Gasteiger partial charge in [0.15, 0.2) is 0 Å². The minimum atomic E-state index is -0.600. The number of rotatable bonds is 2. The van der Waals surface area contributed by atoms with Crippen LogP contribution in [0.4, 0.5) is 10.7 Å². The van der Waals surface area contributed by atoms with Gasteiger partial charge in [-0.05, 0) is 31.5 Å². The molecule has 3 heterocycles. The zero-order valence-electron chi connectivity index (χ0n) is 15.0. The molecule has 26 heavy (non-hydrogen) atoms. The highest BCUT2D eigenvalue weighted by atomic mass is 35.5. The van der Waals surface area contributed by atoms with Crippen molar-refractivity contribution in [3.63, 3.8) is 0 Å². The van der Waals surface area contributed by atoms with Gasteiger partial charge in [-0.3, -0.25) is 14.6 Å². The fourth-order valence-electron chi connectivity index (χ4n) is 3.59. The highest BCUT2D eigenvalue weighted by molar-refractivity contribution is 6.30. The fourth-order valence-corrected chi connectivity index (χ4v) is 3.80. The second-order valence-corrected chi connectivity index (χ2v) is 7.10. The Balaban J connectivity index is 1.85. The molecule has 8 heteroatoms. The van der Waals surface area contributed by atoms with E-state index in [9.17, 15) is 9.59 Å². The van der Waals surface area contributed by atoms with E-state index in [4.69, 9.17) is 11.6 Å². The Kier molecular flexibility index (Phi) is 3.66. The molecule has 7 nitrogen and oxygen atoms in total. The minimum absolute atomic E-state index is 0.265. The highest BCUT2D eigenvalue weighted by Crippen LogP contribution is 2.34. The van der Waals surface area contributed by atoms with Crippen LogP contribution in [-0.4, -0.2) is 46.2 Å². The summed E-state index contributed by atoms with van der Waals surface area (Å²) in [5.41, 5.74) is 3.02. The molecule has 0 saturated carbocycles. The van der Waals surface area contributed by atoms with Gasteiger partial charge in [-0.25, -0.2) is 13.9 Å². The van der Waals surface area contributed by atoms with E-state index in [0.717, 1.165) is 21.9 Å². The zero-order valence-corrected chi connectivity index (χ0v) is 15.8. The molecule has 0 bridgehead atoms. The molecule has 0 aliphatic carbocycles. The van der Waals surface area contributed by atoms with Gasteiger partial charge in [0, 0.05) is 19.1 Å². The third-order valence-corrected chi connectivity index (χ3v) is 5.41. The quantitative estimate of drug-likeness (QED) is 0.759. The van der Waals surface area contributed by atoms with Crippen LogP contribution in [0.15, 0.2) is 29.3 Å². The van der Waals surface area contributed by atoms with Crippen LogP contribution in [-0.2, 0) is 11.3 Å². The molecule has 1 unspecified atom stereocenters. The third kappa shape index (κ3) is 2.20. The van der Waals surface area contributed by atoms with Crippen molar-refractivity contribution in [3.05, 3.63) is 46.2 Å². The molecule has 2 aliphatic heterocycles. The number of urea groups is 1. The van der Waals surface area contributed by atoms with Crippen molar-refractivity contribution >= 4 is 35.3 Å². The van der Waals surface area contributed by atoms with Gasteiger partial charge in [0.25, 0.3) is 5.91 Å². The van der Waals surface area contributed by atoms with E-state index in [2.05, 4.69) is 9.56 Å². The summed E-state index contributed by atoms with van der Waals surface area (Å²) >= 11 is 6.11. The molecule has 1 saturated heterocycles. The van der Waals surface area contributed by atoms with Gasteiger partial charge in [0.2, 0.25) is 11.9 Å². The first kappa shape index (κ1) is 16.8. The van der Waals surface area contributed by atoms with Gasteiger partial charge in [0.1, 0.15) is 11.4 Å². The summed E-state index contributed by atoms with van der Waals surface area (Å²) in [5, 5.41) is 0.676. The topological polar surface area (TPSA) is 61.8 Å². The van der Waals surface area contributed by atoms with Crippen LogP contribution in [0.5, 0.6) is 0 Å². The van der Waals surface area contributed by atoms with Gasteiger partial charge in [-0.1, -0.05) is 28.7 Å². The fraction of sp³-hybridized carbons (Fsp3) is 0.333. The van der Waals surface area contributed by atoms with Gasteiger partial charge < -0.3 is 0 Å². The van der Waals surface area contributed by atoms with Crippen molar-refractivity contribution in [1.82, 2.24) is 14.4 Å². The summed E-state index contributed by atoms with van der Waals surface area (Å²) in [6.45, 7) is 4.56. The Morgan fingerprint density at radius 2 is 1.92 bits per heavy atom. The number of carbonyl (C=O) groups excluding carboxylic acids is 2. The Labute approximate surface area is 156 Å². The number of likely N-dealkylation sites (N-methyl/N-ethyl adjacent to an activating group) is 2. The third-order valence-electron chi connectivity index (χ3n) is 5.18. The summed E-state index contributed by atoms with van der Waals surface area (Å²) in [4.78, 5) is 32.2. The molecule has 1 atom stereocenters. The van der Waals surface area contributed by atoms with Crippen LogP contribution >= 0.6 is 11.6 Å². The van der Waals surface area contributed by atoms with Gasteiger partial charge >= 0.3 is 12.0 Å². The molecule has 3 amide bonds. The number of amidine groups is 1. The number of nitrogens with zero attached hydrogens (tertiary/aromatic N) is 5. The van der Waals surface area contributed by atoms with Crippen molar-refractivity contribution in [2.24, 2.45) is 4.99 Å². The molecule has 1 fully saturated rings. The number of hydrogen-bond acceptors (Lipinski definition) is 3. The van der Waals surface area contributed by atoms with Crippen LogP contribution in [0.25, 0.3) is 0 Å². The molecule has 4 rings (SSSR count). The summed E-state index contributed by atoms with van der Waals surface area (Å²) < 4.78 is 3.97. The van der Waals surface area contributed by atoms with Crippen molar-refractivity contribution < 1.29 is 14.2 Å². The number of aliphatic imine (C=N–C) groups is 1. The smallest absolute Gasteiger partial charge is 0.270 e. The van der Waals surface area contributed by atoms with E-state index in [1.807, 2.05) is 42.7 Å². The molecule has 134 valence electrons. The molecule has 2 aliphatic rings. The average molecular weight is 373 g/mol. The SMILES string of the molecule is Cc1c(C)[n+](Cc2cccc(Cl)c2)c2n1C1C(=O)N(C)C(=O)N(C)C1=N2. The maximum Gasteiger partial charge on any atom is 0.402 e. The van der Waals surface area contributed by atoms with Crippen molar-refractivity contribution in [2.75, 3.05) is 14.1 Å².